The average molecular weight is 311 g/mol. The SMILES string of the molecule is CCOC(=O)c1cc2ccccn2c(=Nc2ccc(F)cc2)n1. The van der Waals surface area contributed by atoms with Gasteiger partial charge in [-0.15, -0.1) is 0 Å². The average Bonchev–Trinajstić information content (AvgIpc) is 2.57. The number of benzene rings is 1. The van der Waals surface area contributed by atoms with Crippen LogP contribution >= 0.6 is 0 Å². The van der Waals surface area contributed by atoms with E-state index in [1.165, 1.54) is 12.1 Å². The van der Waals surface area contributed by atoms with Crippen molar-refractivity contribution in [3.8, 4) is 0 Å². The molecule has 0 aliphatic heterocycles. The summed E-state index contributed by atoms with van der Waals surface area (Å²) in [7, 11) is 0. The molecule has 2 aromatic heterocycles. The van der Waals surface area contributed by atoms with Gasteiger partial charge in [-0.1, -0.05) is 6.07 Å². The molecule has 0 saturated heterocycles. The van der Waals surface area contributed by atoms with Crippen LogP contribution in [0.2, 0.25) is 0 Å². The van der Waals surface area contributed by atoms with E-state index in [4.69, 9.17) is 4.74 Å². The molecule has 0 unspecified atom stereocenters. The number of aromatic nitrogens is 2. The lowest BCUT2D eigenvalue weighted by Gasteiger charge is -2.05. The van der Waals surface area contributed by atoms with Crippen LogP contribution in [-0.4, -0.2) is 22.0 Å². The highest BCUT2D eigenvalue weighted by molar-refractivity contribution is 5.88. The van der Waals surface area contributed by atoms with E-state index in [1.54, 1.807) is 35.7 Å². The summed E-state index contributed by atoms with van der Waals surface area (Å²) in [5, 5.41) is 0. The van der Waals surface area contributed by atoms with E-state index in [1.807, 2.05) is 18.2 Å². The highest BCUT2D eigenvalue weighted by Crippen LogP contribution is 2.11. The van der Waals surface area contributed by atoms with Crippen LogP contribution in [0.25, 0.3) is 5.52 Å². The van der Waals surface area contributed by atoms with Gasteiger partial charge in [0.15, 0.2) is 5.69 Å². The monoisotopic (exact) mass is 311 g/mol. The summed E-state index contributed by atoms with van der Waals surface area (Å²) in [4.78, 5) is 20.6. The Kier molecular flexibility index (Phi) is 4.14. The normalized spacial score (nSPS) is 11.7. The fourth-order valence-corrected chi connectivity index (χ4v) is 2.11. The van der Waals surface area contributed by atoms with E-state index in [0.29, 0.717) is 11.3 Å². The Morgan fingerprint density at radius 3 is 2.78 bits per heavy atom. The van der Waals surface area contributed by atoms with Crippen molar-refractivity contribution in [2.75, 3.05) is 6.61 Å². The second-order valence-electron chi connectivity index (χ2n) is 4.75. The van der Waals surface area contributed by atoms with Crippen LogP contribution in [0.3, 0.4) is 0 Å². The first-order valence-electron chi connectivity index (χ1n) is 7.13. The van der Waals surface area contributed by atoms with Gasteiger partial charge < -0.3 is 4.74 Å². The molecule has 2 heterocycles. The van der Waals surface area contributed by atoms with Gasteiger partial charge in [-0.25, -0.2) is 19.2 Å². The number of fused-ring (bicyclic) bond motifs is 1. The molecule has 116 valence electrons. The first-order chi connectivity index (χ1) is 11.2. The predicted molar refractivity (Wildman–Crippen MR) is 82.8 cm³/mol. The third-order valence-corrected chi connectivity index (χ3v) is 3.15. The van der Waals surface area contributed by atoms with E-state index >= 15 is 0 Å². The molecule has 1 aromatic carbocycles. The molecule has 3 rings (SSSR count). The maximum atomic E-state index is 13.0. The fourth-order valence-electron chi connectivity index (χ4n) is 2.11. The lowest BCUT2D eigenvalue weighted by Crippen LogP contribution is -2.22. The lowest BCUT2D eigenvalue weighted by atomic mass is 10.3. The molecule has 3 aromatic rings. The van der Waals surface area contributed by atoms with Crippen molar-refractivity contribution < 1.29 is 13.9 Å². The Bertz CT molecular complexity index is 917. The molecule has 6 heteroatoms. The molecule has 0 amide bonds. The van der Waals surface area contributed by atoms with E-state index in [0.717, 1.165) is 5.52 Å². The Morgan fingerprint density at radius 1 is 1.26 bits per heavy atom. The molecule has 0 aliphatic carbocycles. The number of carbonyl (C=O) groups is 1. The fraction of sp³-hybridized carbons (Fsp3) is 0.118. The molecule has 0 saturated carbocycles. The predicted octanol–water partition coefficient (Wildman–Crippen LogP) is 2.88. The number of ether oxygens (including phenoxy) is 1. The van der Waals surface area contributed by atoms with Gasteiger partial charge in [0.1, 0.15) is 5.82 Å². The minimum Gasteiger partial charge on any atom is -0.461 e. The van der Waals surface area contributed by atoms with Gasteiger partial charge in [-0.3, -0.25) is 4.40 Å². The van der Waals surface area contributed by atoms with Gasteiger partial charge in [0.25, 0.3) is 0 Å². The van der Waals surface area contributed by atoms with Gasteiger partial charge in [0.05, 0.1) is 17.8 Å². The van der Waals surface area contributed by atoms with Crippen molar-refractivity contribution >= 4 is 17.2 Å². The maximum absolute atomic E-state index is 13.0. The Balaban J connectivity index is 2.21. The molecule has 0 bridgehead atoms. The Morgan fingerprint density at radius 2 is 2.04 bits per heavy atom. The molecular weight excluding hydrogens is 297 g/mol. The van der Waals surface area contributed by atoms with Crippen LogP contribution in [0.1, 0.15) is 17.4 Å². The van der Waals surface area contributed by atoms with Gasteiger partial charge in [-0.2, -0.15) is 0 Å². The van der Waals surface area contributed by atoms with Crippen LogP contribution in [0.5, 0.6) is 0 Å². The van der Waals surface area contributed by atoms with Gasteiger partial charge >= 0.3 is 5.97 Å². The van der Waals surface area contributed by atoms with Crippen molar-refractivity contribution in [2.24, 2.45) is 4.99 Å². The topological polar surface area (TPSA) is 56.0 Å². The van der Waals surface area contributed by atoms with Crippen LogP contribution in [0.4, 0.5) is 10.1 Å². The lowest BCUT2D eigenvalue weighted by molar-refractivity contribution is 0.0519. The highest BCUT2D eigenvalue weighted by Gasteiger charge is 2.10. The summed E-state index contributed by atoms with van der Waals surface area (Å²) >= 11 is 0. The number of pyridine rings is 1. The molecular formula is C17H14FN3O2. The van der Waals surface area contributed by atoms with Gasteiger partial charge in [-0.05, 0) is 49.4 Å². The summed E-state index contributed by atoms with van der Waals surface area (Å²) in [6.45, 7) is 2.00. The molecule has 0 radical (unpaired) electrons. The van der Waals surface area contributed by atoms with Crippen LogP contribution < -0.4 is 5.62 Å². The Hall–Kier alpha value is -3.02. The molecule has 0 fully saturated rings. The minimum absolute atomic E-state index is 0.180. The number of hydrogen-bond acceptors (Lipinski definition) is 4. The summed E-state index contributed by atoms with van der Waals surface area (Å²) < 4.78 is 19.7. The number of hydrogen-bond donors (Lipinski definition) is 0. The third-order valence-electron chi connectivity index (χ3n) is 3.15. The highest BCUT2D eigenvalue weighted by atomic mass is 19.1. The van der Waals surface area contributed by atoms with Crippen molar-refractivity contribution in [1.82, 2.24) is 9.38 Å². The molecule has 0 atom stereocenters. The van der Waals surface area contributed by atoms with Crippen molar-refractivity contribution in [2.45, 2.75) is 6.92 Å². The quantitative estimate of drug-likeness (QED) is 0.699. The maximum Gasteiger partial charge on any atom is 0.357 e. The van der Waals surface area contributed by atoms with E-state index in [-0.39, 0.29) is 18.1 Å². The minimum atomic E-state index is -0.505. The summed E-state index contributed by atoms with van der Waals surface area (Å²) in [6.07, 6.45) is 1.79. The first-order valence-corrected chi connectivity index (χ1v) is 7.13. The molecule has 0 aliphatic rings. The first kappa shape index (κ1) is 14.9. The molecule has 0 N–H and O–H groups in total. The zero-order valence-corrected chi connectivity index (χ0v) is 12.4. The number of carbonyl (C=O) groups excluding carboxylic acids is 1. The second-order valence-corrected chi connectivity index (χ2v) is 4.75. The number of esters is 1. The van der Waals surface area contributed by atoms with Gasteiger partial charge in [0.2, 0.25) is 5.62 Å². The van der Waals surface area contributed by atoms with Crippen LogP contribution in [-0.2, 0) is 4.74 Å². The summed E-state index contributed by atoms with van der Waals surface area (Å²) in [6, 6.07) is 12.9. The number of nitrogens with zero attached hydrogens (tertiary/aromatic N) is 3. The molecule has 23 heavy (non-hydrogen) atoms. The number of rotatable bonds is 3. The standard InChI is InChI=1S/C17H14FN3O2/c1-2-23-16(22)15-11-14-5-3-4-10-21(14)17(20-15)19-13-8-6-12(18)7-9-13/h3-11H,2H2,1H3. The van der Waals surface area contributed by atoms with Crippen LogP contribution in [0.15, 0.2) is 59.7 Å². The smallest absolute Gasteiger partial charge is 0.357 e. The van der Waals surface area contributed by atoms with Gasteiger partial charge in [0, 0.05) is 6.20 Å². The third kappa shape index (κ3) is 3.26. The van der Waals surface area contributed by atoms with E-state index in [2.05, 4.69) is 9.98 Å². The van der Waals surface area contributed by atoms with Crippen LogP contribution in [0, 0.1) is 5.82 Å². The largest absolute Gasteiger partial charge is 0.461 e. The summed E-state index contributed by atoms with van der Waals surface area (Å²) in [5.41, 5.74) is 1.79. The second kappa shape index (κ2) is 6.39. The molecule has 5 nitrogen and oxygen atoms in total. The molecule has 0 spiro atoms. The zero-order valence-electron chi connectivity index (χ0n) is 12.4. The van der Waals surface area contributed by atoms with Crippen molar-refractivity contribution in [3.05, 3.63) is 71.9 Å². The zero-order chi connectivity index (χ0) is 16.2. The number of halogens is 1. The Labute approximate surface area is 131 Å². The summed E-state index contributed by atoms with van der Waals surface area (Å²) in [5.74, 6) is -0.843. The van der Waals surface area contributed by atoms with E-state index in [9.17, 15) is 9.18 Å². The van der Waals surface area contributed by atoms with E-state index < -0.39 is 5.97 Å². The van der Waals surface area contributed by atoms with Crippen molar-refractivity contribution in [3.63, 3.8) is 0 Å². The van der Waals surface area contributed by atoms with Crippen molar-refractivity contribution in [1.29, 1.82) is 0 Å².